The summed E-state index contributed by atoms with van der Waals surface area (Å²) in [6.07, 6.45) is 0.105. The molecule has 0 spiro atoms. The number of fused-ring (bicyclic) bond motifs is 1. The van der Waals surface area contributed by atoms with Crippen molar-refractivity contribution >= 4 is 32.8 Å². The quantitative estimate of drug-likeness (QED) is 0.785. The highest BCUT2D eigenvalue weighted by atomic mass is 79.9. The van der Waals surface area contributed by atoms with E-state index < -0.39 is 0 Å². The summed E-state index contributed by atoms with van der Waals surface area (Å²) in [7, 11) is 0. The molecule has 1 aliphatic rings. The molecule has 0 radical (unpaired) electrons. The predicted molar refractivity (Wildman–Crippen MR) is 84.6 cm³/mol. The van der Waals surface area contributed by atoms with Crippen molar-refractivity contribution in [1.82, 2.24) is 4.90 Å². The van der Waals surface area contributed by atoms with Crippen molar-refractivity contribution in [2.75, 3.05) is 13.1 Å². The summed E-state index contributed by atoms with van der Waals surface area (Å²) >= 11 is 3.45. The van der Waals surface area contributed by atoms with E-state index in [1.165, 1.54) is 0 Å². The van der Waals surface area contributed by atoms with Crippen LogP contribution in [-0.4, -0.2) is 36.1 Å². The number of morpholine rings is 1. The van der Waals surface area contributed by atoms with E-state index in [1.54, 1.807) is 0 Å². The summed E-state index contributed by atoms with van der Waals surface area (Å²) in [5, 5.41) is 0.974. The third kappa shape index (κ3) is 2.72. The Morgan fingerprint density at radius 1 is 1.29 bits per heavy atom. The molecule has 0 saturated carbocycles. The molecule has 112 valence electrons. The second-order valence-electron chi connectivity index (χ2n) is 5.66. The highest BCUT2D eigenvalue weighted by molar-refractivity contribution is 9.10. The van der Waals surface area contributed by atoms with E-state index >= 15 is 0 Å². The van der Waals surface area contributed by atoms with E-state index in [9.17, 15) is 4.79 Å². The summed E-state index contributed by atoms with van der Waals surface area (Å²) in [4.78, 5) is 14.5. The Morgan fingerprint density at radius 2 is 1.95 bits per heavy atom. The minimum absolute atomic E-state index is 0.0523. The Labute approximate surface area is 132 Å². The number of nitrogens with zero attached hydrogens (tertiary/aromatic N) is 1. The van der Waals surface area contributed by atoms with Crippen molar-refractivity contribution in [2.24, 2.45) is 0 Å². The summed E-state index contributed by atoms with van der Waals surface area (Å²) in [5.74, 6) is 0.381. The number of halogens is 1. The number of benzene rings is 1. The molecule has 0 unspecified atom stereocenters. The number of carbonyl (C=O) groups is 1. The number of ether oxygens (including phenoxy) is 1. The average Bonchev–Trinajstić information content (AvgIpc) is 2.74. The Balaban J connectivity index is 1.96. The first-order valence-corrected chi connectivity index (χ1v) is 7.88. The van der Waals surface area contributed by atoms with Crippen LogP contribution in [-0.2, 0) is 4.74 Å². The number of furan rings is 1. The molecule has 0 bridgehead atoms. The van der Waals surface area contributed by atoms with Gasteiger partial charge in [0.25, 0.3) is 5.91 Å². The fourth-order valence-corrected chi connectivity index (χ4v) is 3.25. The van der Waals surface area contributed by atoms with Crippen LogP contribution in [0.4, 0.5) is 0 Å². The standard InChI is InChI=1S/C16H18BrNO3/c1-9-7-18(8-10(2)20-9)16(19)15-11(3)13-6-12(17)4-5-14(13)21-15/h4-6,9-10H,7-8H2,1-3H3/t9-,10+. The number of rotatable bonds is 1. The van der Waals surface area contributed by atoms with Crippen molar-refractivity contribution in [3.63, 3.8) is 0 Å². The molecule has 21 heavy (non-hydrogen) atoms. The third-order valence-electron chi connectivity index (χ3n) is 3.80. The van der Waals surface area contributed by atoms with Crippen LogP contribution in [0, 0.1) is 6.92 Å². The molecule has 1 aromatic carbocycles. The fourth-order valence-electron chi connectivity index (χ4n) is 2.88. The molecule has 1 fully saturated rings. The number of carbonyl (C=O) groups excluding carboxylic acids is 1. The van der Waals surface area contributed by atoms with Crippen molar-refractivity contribution in [2.45, 2.75) is 33.0 Å². The van der Waals surface area contributed by atoms with Crippen LogP contribution in [0.3, 0.4) is 0 Å². The number of amides is 1. The second kappa shape index (κ2) is 5.46. The first kappa shape index (κ1) is 14.6. The summed E-state index contributed by atoms with van der Waals surface area (Å²) in [6, 6.07) is 5.78. The minimum Gasteiger partial charge on any atom is -0.451 e. The Hall–Kier alpha value is -1.33. The van der Waals surface area contributed by atoms with Gasteiger partial charge in [-0.1, -0.05) is 15.9 Å². The molecule has 2 aromatic rings. The molecule has 2 atom stereocenters. The maximum atomic E-state index is 12.7. The molecule has 0 N–H and O–H groups in total. The van der Waals surface area contributed by atoms with Crippen LogP contribution in [0.5, 0.6) is 0 Å². The molecule has 4 nitrogen and oxygen atoms in total. The Kier molecular flexibility index (Phi) is 3.80. The lowest BCUT2D eigenvalue weighted by Crippen LogP contribution is -2.48. The molecule has 1 amide bonds. The lowest BCUT2D eigenvalue weighted by atomic mass is 10.1. The van der Waals surface area contributed by atoms with Gasteiger partial charge in [-0.3, -0.25) is 4.79 Å². The zero-order valence-corrected chi connectivity index (χ0v) is 13.9. The predicted octanol–water partition coefficient (Wildman–Crippen LogP) is 3.75. The summed E-state index contributed by atoms with van der Waals surface area (Å²) in [5.41, 5.74) is 1.64. The van der Waals surface area contributed by atoms with Gasteiger partial charge in [-0.2, -0.15) is 0 Å². The van der Waals surface area contributed by atoms with E-state index in [-0.39, 0.29) is 18.1 Å². The number of hydrogen-bond acceptors (Lipinski definition) is 3. The molecule has 0 aliphatic carbocycles. The average molecular weight is 352 g/mol. The SMILES string of the molecule is Cc1c(C(=O)N2C[C@@H](C)O[C@@H](C)C2)oc2ccc(Br)cc12. The Bertz CT molecular complexity index is 684. The van der Waals surface area contributed by atoms with Crippen LogP contribution < -0.4 is 0 Å². The zero-order valence-electron chi connectivity index (χ0n) is 12.4. The van der Waals surface area contributed by atoms with Gasteiger partial charge in [0, 0.05) is 28.5 Å². The van der Waals surface area contributed by atoms with Gasteiger partial charge >= 0.3 is 0 Å². The van der Waals surface area contributed by atoms with Gasteiger partial charge in [0.05, 0.1) is 12.2 Å². The van der Waals surface area contributed by atoms with E-state index in [4.69, 9.17) is 9.15 Å². The lowest BCUT2D eigenvalue weighted by Gasteiger charge is -2.34. The van der Waals surface area contributed by atoms with Gasteiger partial charge in [-0.05, 0) is 39.0 Å². The lowest BCUT2D eigenvalue weighted by molar-refractivity contribution is -0.0592. The third-order valence-corrected chi connectivity index (χ3v) is 4.29. The summed E-state index contributed by atoms with van der Waals surface area (Å²) < 4.78 is 12.4. The maximum Gasteiger partial charge on any atom is 0.290 e. The van der Waals surface area contributed by atoms with Crippen molar-refractivity contribution in [1.29, 1.82) is 0 Å². The fraction of sp³-hybridized carbons (Fsp3) is 0.438. The molecular weight excluding hydrogens is 334 g/mol. The van der Waals surface area contributed by atoms with Crippen LogP contribution in [0.1, 0.15) is 30.0 Å². The van der Waals surface area contributed by atoms with E-state index in [0.717, 1.165) is 21.0 Å². The van der Waals surface area contributed by atoms with Crippen LogP contribution in [0.25, 0.3) is 11.0 Å². The molecule has 1 saturated heterocycles. The molecule has 5 heteroatoms. The van der Waals surface area contributed by atoms with Crippen LogP contribution >= 0.6 is 15.9 Å². The molecule has 3 rings (SSSR count). The normalized spacial score (nSPS) is 22.8. The largest absolute Gasteiger partial charge is 0.451 e. The molecule has 2 heterocycles. The smallest absolute Gasteiger partial charge is 0.290 e. The van der Waals surface area contributed by atoms with Gasteiger partial charge in [0.1, 0.15) is 5.58 Å². The van der Waals surface area contributed by atoms with Crippen molar-refractivity contribution < 1.29 is 13.9 Å². The first-order valence-electron chi connectivity index (χ1n) is 7.09. The van der Waals surface area contributed by atoms with Gasteiger partial charge < -0.3 is 14.1 Å². The van der Waals surface area contributed by atoms with Gasteiger partial charge in [-0.15, -0.1) is 0 Å². The molecule has 1 aromatic heterocycles. The monoisotopic (exact) mass is 351 g/mol. The van der Waals surface area contributed by atoms with Crippen molar-refractivity contribution in [3.05, 3.63) is 34.0 Å². The van der Waals surface area contributed by atoms with Gasteiger partial charge in [-0.25, -0.2) is 0 Å². The highest BCUT2D eigenvalue weighted by Crippen LogP contribution is 2.29. The van der Waals surface area contributed by atoms with Gasteiger partial charge in [0.2, 0.25) is 0 Å². The summed E-state index contributed by atoms with van der Waals surface area (Å²) in [6.45, 7) is 7.10. The molecule has 1 aliphatic heterocycles. The number of aryl methyl sites for hydroxylation is 1. The van der Waals surface area contributed by atoms with E-state index in [2.05, 4.69) is 15.9 Å². The van der Waals surface area contributed by atoms with Crippen LogP contribution in [0.2, 0.25) is 0 Å². The van der Waals surface area contributed by atoms with Gasteiger partial charge in [0.15, 0.2) is 5.76 Å². The second-order valence-corrected chi connectivity index (χ2v) is 6.58. The van der Waals surface area contributed by atoms with Crippen LogP contribution in [0.15, 0.2) is 27.1 Å². The number of hydrogen-bond donors (Lipinski definition) is 0. The van der Waals surface area contributed by atoms with E-state index in [0.29, 0.717) is 18.8 Å². The minimum atomic E-state index is -0.0539. The van der Waals surface area contributed by atoms with Crippen molar-refractivity contribution in [3.8, 4) is 0 Å². The van der Waals surface area contributed by atoms with E-state index in [1.807, 2.05) is 43.9 Å². The maximum absolute atomic E-state index is 12.7. The Morgan fingerprint density at radius 3 is 2.62 bits per heavy atom. The zero-order chi connectivity index (χ0) is 15.1. The topological polar surface area (TPSA) is 42.7 Å². The molecular formula is C16H18BrNO3. The highest BCUT2D eigenvalue weighted by Gasteiger charge is 2.29. The first-order chi connectivity index (χ1) is 9.95.